The van der Waals surface area contributed by atoms with Crippen LogP contribution >= 0.6 is 0 Å². The third kappa shape index (κ3) is 3.50. The maximum absolute atomic E-state index is 13.1. The molecule has 0 unspecified atom stereocenters. The van der Waals surface area contributed by atoms with Crippen molar-refractivity contribution in [1.82, 2.24) is 15.1 Å². The average molecular weight is 470 g/mol. The van der Waals surface area contributed by atoms with Crippen LogP contribution in [-0.2, 0) is 9.59 Å². The molecule has 1 aliphatic heterocycles. The van der Waals surface area contributed by atoms with E-state index in [0.29, 0.717) is 17.3 Å². The number of nitrogens with zero attached hydrogens (tertiary/aromatic N) is 2. The molecule has 1 N–H and O–H groups in total. The number of hydrogen-bond donors (Lipinski definition) is 1. The van der Waals surface area contributed by atoms with Crippen molar-refractivity contribution in [3.05, 3.63) is 11.6 Å². The van der Waals surface area contributed by atoms with Crippen molar-refractivity contribution in [2.24, 2.45) is 34.5 Å². The third-order valence-electron chi connectivity index (χ3n) is 11.7. The first-order valence-corrected chi connectivity index (χ1v) is 14.1. The van der Waals surface area contributed by atoms with Crippen LogP contribution in [0.4, 0.5) is 0 Å². The van der Waals surface area contributed by atoms with E-state index in [0.717, 1.165) is 42.6 Å². The van der Waals surface area contributed by atoms with Crippen molar-refractivity contribution in [3.8, 4) is 0 Å². The number of likely N-dealkylation sites (tertiary alicyclic amines) is 1. The van der Waals surface area contributed by atoms with Crippen LogP contribution in [0.2, 0.25) is 0 Å². The summed E-state index contributed by atoms with van der Waals surface area (Å²) in [7, 11) is 4.31. The predicted octanol–water partition coefficient (Wildman–Crippen LogP) is 4.62. The molecule has 1 heterocycles. The SMILES string of the molecule is CC[C@H](NC(C)=O)C(=O)N(C)[C@H]1CC[C@@]2(C)C(=CC[C@H]3[C@@H]4CC[C@@H]5[C@H](C)N(C)C[C@@]54CC[C@@H]32)C1. The van der Waals surface area contributed by atoms with E-state index in [1.54, 1.807) is 5.57 Å². The van der Waals surface area contributed by atoms with Gasteiger partial charge >= 0.3 is 0 Å². The minimum absolute atomic E-state index is 0.0664. The molecule has 5 aliphatic rings. The Morgan fingerprint density at radius 1 is 1.18 bits per heavy atom. The lowest BCUT2D eigenvalue weighted by Crippen LogP contribution is -2.54. The van der Waals surface area contributed by atoms with E-state index in [1.165, 1.54) is 52.0 Å². The molecule has 1 saturated heterocycles. The van der Waals surface area contributed by atoms with Gasteiger partial charge in [-0.1, -0.05) is 25.5 Å². The highest BCUT2D eigenvalue weighted by Crippen LogP contribution is 2.68. The molecule has 5 heteroatoms. The number of nitrogens with one attached hydrogen (secondary N) is 1. The lowest BCUT2D eigenvalue weighted by atomic mass is 9.47. The number of likely N-dealkylation sites (N-methyl/N-ethyl adjacent to an activating group) is 1. The third-order valence-corrected chi connectivity index (χ3v) is 11.7. The van der Waals surface area contributed by atoms with E-state index in [2.05, 4.69) is 37.2 Å². The molecule has 5 rings (SSSR count). The molecule has 4 aliphatic carbocycles. The molecular formula is C29H47N3O2. The van der Waals surface area contributed by atoms with Crippen molar-refractivity contribution < 1.29 is 9.59 Å². The van der Waals surface area contributed by atoms with Crippen LogP contribution in [0.5, 0.6) is 0 Å². The molecule has 0 radical (unpaired) electrons. The molecule has 9 atom stereocenters. The monoisotopic (exact) mass is 469 g/mol. The largest absolute Gasteiger partial charge is 0.345 e. The van der Waals surface area contributed by atoms with Gasteiger partial charge in [0.25, 0.3) is 0 Å². The van der Waals surface area contributed by atoms with Gasteiger partial charge in [0.2, 0.25) is 11.8 Å². The molecule has 4 fully saturated rings. The van der Waals surface area contributed by atoms with E-state index in [4.69, 9.17) is 0 Å². The molecule has 0 aromatic rings. The zero-order valence-electron chi connectivity index (χ0n) is 22.4. The zero-order valence-corrected chi connectivity index (χ0v) is 22.4. The second kappa shape index (κ2) is 8.64. The highest BCUT2D eigenvalue weighted by Gasteiger charge is 2.64. The van der Waals surface area contributed by atoms with Gasteiger partial charge in [-0.25, -0.2) is 0 Å². The zero-order chi connectivity index (χ0) is 24.4. The van der Waals surface area contributed by atoms with Gasteiger partial charge < -0.3 is 15.1 Å². The quantitative estimate of drug-likeness (QED) is 0.611. The van der Waals surface area contributed by atoms with Crippen LogP contribution in [-0.4, -0.2) is 60.4 Å². The molecular weight excluding hydrogens is 422 g/mol. The van der Waals surface area contributed by atoms with Gasteiger partial charge in [0.15, 0.2) is 0 Å². The van der Waals surface area contributed by atoms with Crippen LogP contribution in [0.3, 0.4) is 0 Å². The number of fused-ring (bicyclic) bond motifs is 4. The summed E-state index contributed by atoms with van der Waals surface area (Å²) in [6, 6.07) is 0.596. The van der Waals surface area contributed by atoms with Crippen molar-refractivity contribution >= 4 is 11.8 Å². The molecule has 5 nitrogen and oxygen atoms in total. The maximum Gasteiger partial charge on any atom is 0.245 e. The summed E-state index contributed by atoms with van der Waals surface area (Å²) < 4.78 is 0. The van der Waals surface area contributed by atoms with Gasteiger partial charge in [-0.15, -0.1) is 0 Å². The van der Waals surface area contributed by atoms with Gasteiger partial charge in [-0.2, -0.15) is 0 Å². The maximum atomic E-state index is 13.1. The number of allylic oxidation sites excluding steroid dienone is 1. The highest BCUT2D eigenvalue weighted by atomic mass is 16.2. The van der Waals surface area contributed by atoms with E-state index in [9.17, 15) is 9.59 Å². The summed E-state index contributed by atoms with van der Waals surface area (Å²) in [5.41, 5.74) is 2.51. The Bertz CT molecular complexity index is 869. The Morgan fingerprint density at radius 3 is 2.62 bits per heavy atom. The minimum Gasteiger partial charge on any atom is -0.345 e. The van der Waals surface area contributed by atoms with Gasteiger partial charge in [0.1, 0.15) is 6.04 Å². The lowest BCUT2D eigenvalue weighted by Gasteiger charge is -2.58. The van der Waals surface area contributed by atoms with Crippen LogP contribution in [0, 0.1) is 34.5 Å². The summed E-state index contributed by atoms with van der Waals surface area (Å²) >= 11 is 0. The smallest absolute Gasteiger partial charge is 0.245 e. The van der Waals surface area contributed by atoms with Crippen LogP contribution in [0.15, 0.2) is 11.6 Å². The first kappa shape index (κ1) is 24.3. The van der Waals surface area contributed by atoms with Crippen LogP contribution < -0.4 is 5.32 Å². The molecule has 0 aromatic heterocycles. The number of amides is 2. The second-order valence-electron chi connectivity index (χ2n) is 12.9. The Labute approximate surface area is 207 Å². The number of carbonyl (C=O) groups is 2. The van der Waals surface area contributed by atoms with Crippen molar-refractivity contribution in [2.45, 2.75) is 104 Å². The number of carbonyl (C=O) groups excluding carboxylic acids is 2. The van der Waals surface area contributed by atoms with E-state index < -0.39 is 6.04 Å². The molecule has 2 amide bonds. The van der Waals surface area contributed by atoms with Gasteiger partial charge in [-0.05, 0) is 106 Å². The summed E-state index contributed by atoms with van der Waals surface area (Å²) in [6.07, 6.45) is 13.5. The van der Waals surface area contributed by atoms with Crippen molar-refractivity contribution in [3.63, 3.8) is 0 Å². The van der Waals surface area contributed by atoms with E-state index in [-0.39, 0.29) is 17.9 Å². The van der Waals surface area contributed by atoms with Gasteiger partial charge in [0, 0.05) is 32.6 Å². The topological polar surface area (TPSA) is 52.7 Å². The number of rotatable bonds is 4. The standard InChI is InChI=1S/C29H47N3O2/c1-7-26(30-19(3)33)27(34)32(6)21-12-14-28(4)20(16-21)8-9-22-24(28)13-15-29-17-31(5)18(2)23(29)10-11-25(22)29/h8,18,21-26H,7,9-17H2,1-6H3,(H,30,33)/t18-,21-,22+,23+,24-,25-,26-,28-,29-/m0/s1. The molecule has 0 aromatic carbocycles. The first-order chi connectivity index (χ1) is 16.1. The molecule has 190 valence electrons. The van der Waals surface area contributed by atoms with Gasteiger partial charge in [0.05, 0.1) is 0 Å². The van der Waals surface area contributed by atoms with E-state index >= 15 is 0 Å². The van der Waals surface area contributed by atoms with Crippen molar-refractivity contribution in [1.29, 1.82) is 0 Å². The van der Waals surface area contributed by atoms with E-state index in [1.807, 2.05) is 18.9 Å². The normalized spacial score (nSPS) is 44.2. The van der Waals surface area contributed by atoms with Crippen LogP contribution in [0.25, 0.3) is 0 Å². The summed E-state index contributed by atoms with van der Waals surface area (Å²) in [6.45, 7) is 9.83. The summed E-state index contributed by atoms with van der Waals surface area (Å²) in [4.78, 5) is 29.3. The number of hydrogen-bond acceptors (Lipinski definition) is 3. The molecule has 0 bridgehead atoms. The highest BCUT2D eigenvalue weighted by molar-refractivity contribution is 5.86. The van der Waals surface area contributed by atoms with Crippen molar-refractivity contribution in [2.75, 3.05) is 20.6 Å². The Hall–Kier alpha value is -1.36. The predicted molar refractivity (Wildman–Crippen MR) is 136 cm³/mol. The second-order valence-corrected chi connectivity index (χ2v) is 12.9. The fourth-order valence-corrected chi connectivity index (χ4v) is 9.78. The molecule has 34 heavy (non-hydrogen) atoms. The summed E-state index contributed by atoms with van der Waals surface area (Å²) in [5, 5.41) is 2.85. The molecule has 1 spiro atoms. The Balaban J connectivity index is 1.32. The Morgan fingerprint density at radius 2 is 1.91 bits per heavy atom. The fraction of sp³-hybridized carbons (Fsp3) is 0.862. The lowest BCUT2D eigenvalue weighted by molar-refractivity contribution is -0.137. The minimum atomic E-state index is -0.405. The van der Waals surface area contributed by atoms with Crippen LogP contribution in [0.1, 0.15) is 85.5 Å². The Kier molecular flexibility index (Phi) is 6.18. The first-order valence-electron chi connectivity index (χ1n) is 14.1. The molecule has 3 saturated carbocycles. The summed E-state index contributed by atoms with van der Waals surface area (Å²) in [5.74, 6) is 3.42. The van der Waals surface area contributed by atoms with Gasteiger partial charge in [-0.3, -0.25) is 9.59 Å². The fourth-order valence-electron chi connectivity index (χ4n) is 9.78. The average Bonchev–Trinajstić information content (AvgIpc) is 3.29.